The van der Waals surface area contributed by atoms with Gasteiger partial charge in [-0.2, -0.15) is 0 Å². The average Bonchev–Trinajstić information content (AvgIpc) is 2.73. The zero-order chi connectivity index (χ0) is 21.6. The lowest BCUT2D eigenvalue weighted by atomic mass is 10.1. The van der Waals surface area contributed by atoms with Crippen molar-refractivity contribution in [3.8, 4) is 5.75 Å². The quantitative estimate of drug-likeness (QED) is 0.571. The fourth-order valence-electron chi connectivity index (χ4n) is 2.89. The molecular weight excluding hydrogens is 400 g/mol. The van der Waals surface area contributed by atoms with Crippen molar-refractivity contribution in [1.29, 1.82) is 0 Å². The van der Waals surface area contributed by atoms with Gasteiger partial charge in [-0.15, -0.1) is 0 Å². The molecule has 1 amide bonds. The molecule has 2 N–H and O–H groups in total. The Hall–Kier alpha value is -3.16. The van der Waals surface area contributed by atoms with Crippen LogP contribution in [0.3, 0.4) is 0 Å². The van der Waals surface area contributed by atoms with Crippen molar-refractivity contribution in [3.63, 3.8) is 0 Å². The van der Waals surface area contributed by atoms with E-state index in [1.54, 1.807) is 13.0 Å². The maximum Gasteiger partial charge on any atom is 0.262 e. The number of nitrogens with one attached hydrogen (secondary N) is 2. The van der Waals surface area contributed by atoms with Crippen LogP contribution in [0.15, 0.2) is 83.8 Å². The van der Waals surface area contributed by atoms with Gasteiger partial charge in [0.15, 0.2) is 6.61 Å². The van der Waals surface area contributed by atoms with E-state index in [9.17, 15) is 13.2 Å². The predicted molar refractivity (Wildman–Crippen MR) is 117 cm³/mol. The molecule has 0 aliphatic heterocycles. The summed E-state index contributed by atoms with van der Waals surface area (Å²) in [6.07, 6.45) is 0. The molecule has 0 radical (unpaired) electrons. The minimum absolute atomic E-state index is 0.127. The van der Waals surface area contributed by atoms with Crippen LogP contribution in [-0.2, 0) is 14.8 Å². The fourth-order valence-corrected chi connectivity index (χ4v) is 4.13. The first-order chi connectivity index (χ1) is 14.3. The molecule has 0 heterocycles. The molecule has 0 aliphatic rings. The van der Waals surface area contributed by atoms with E-state index in [-0.39, 0.29) is 23.5 Å². The third kappa shape index (κ3) is 5.92. The van der Waals surface area contributed by atoms with E-state index in [0.717, 1.165) is 11.1 Å². The Balaban J connectivity index is 1.56. The molecule has 0 fully saturated rings. The van der Waals surface area contributed by atoms with Gasteiger partial charge in [0.25, 0.3) is 5.91 Å². The molecule has 30 heavy (non-hydrogen) atoms. The van der Waals surface area contributed by atoms with Gasteiger partial charge < -0.3 is 10.1 Å². The molecule has 7 heteroatoms. The number of rotatable bonds is 8. The van der Waals surface area contributed by atoms with Gasteiger partial charge >= 0.3 is 0 Å². The summed E-state index contributed by atoms with van der Waals surface area (Å²) in [5.74, 6) is 0.111. The largest absolute Gasteiger partial charge is 0.484 e. The molecular formula is C23H24N2O4S. The van der Waals surface area contributed by atoms with Crippen molar-refractivity contribution in [1.82, 2.24) is 4.72 Å². The maximum absolute atomic E-state index is 12.6. The predicted octanol–water partition coefficient (Wildman–Crippen LogP) is 4.05. The standard InChI is InChI=1S/C23H24N2O4S/c1-17-7-6-10-20(15-17)24-23(26)16-29-21-11-13-22(14-12-21)30(27,28)25-18(2)19-8-4-3-5-9-19/h3-15,18,25H,16H2,1-2H3,(H,24,26)/t18-/m0/s1. The summed E-state index contributed by atoms with van der Waals surface area (Å²) in [4.78, 5) is 12.2. The van der Waals surface area contributed by atoms with Gasteiger partial charge in [-0.1, -0.05) is 42.5 Å². The summed E-state index contributed by atoms with van der Waals surface area (Å²) in [5.41, 5.74) is 2.62. The Labute approximate surface area is 177 Å². The van der Waals surface area contributed by atoms with Crippen LogP contribution in [0.2, 0.25) is 0 Å². The van der Waals surface area contributed by atoms with E-state index in [1.165, 1.54) is 24.3 Å². The molecule has 3 aromatic carbocycles. The Morgan fingerprint density at radius 1 is 0.967 bits per heavy atom. The van der Waals surface area contributed by atoms with E-state index >= 15 is 0 Å². The lowest BCUT2D eigenvalue weighted by Crippen LogP contribution is -2.26. The van der Waals surface area contributed by atoms with Crippen LogP contribution in [0.1, 0.15) is 24.1 Å². The van der Waals surface area contributed by atoms with Crippen molar-refractivity contribution >= 4 is 21.6 Å². The van der Waals surface area contributed by atoms with Gasteiger partial charge in [0.05, 0.1) is 4.90 Å². The first-order valence-corrected chi connectivity index (χ1v) is 11.0. The zero-order valence-electron chi connectivity index (χ0n) is 16.8. The van der Waals surface area contributed by atoms with Crippen LogP contribution >= 0.6 is 0 Å². The normalized spacial score (nSPS) is 12.2. The summed E-state index contributed by atoms with van der Waals surface area (Å²) in [7, 11) is -3.69. The molecule has 6 nitrogen and oxygen atoms in total. The number of hydrogen-bond acceptors (Lipinski definition) is 4. The van der Waals surface area contributed by atoms with Gasteiger partial charge in [-0.25, -0.2) is 13.1 Å². The topological polar surface area (TPSA) is 84.5 Å². The Morgan fingerprint density at radius 3 is 2.33 bits per heavy atom. The van der Waals surface area contributed by atoms with Gasteiger partial charge in [0.2, 0.25) is 10.0 Å². The first-order valence-electron chi connectivity index (χ1n) is 9.50. The van der Waals surface area contributed by atoms with Crippen LogP contribution in [0.5, 0.6) is 5.75 Å². The summed E-state index contributed by atoms with van der Waals surface area (Å²) < 4.78 is 33.3. The van der Waals surface area contributed by atoms with Gasteiger partial charge in [0.1, 0.15) is 5.75 Å². The van der Waals surface area contributed by atoms with E-state index in [4.69, 9.17) is 4.74 Å². The minimum Gasteiger partial charge on any atom is -0.484 e. The van der Waals surface area contributed by atoms with Gasteiger partial charge in [-0.05, 0) is 61.4 Å². The molecule has 0 aliphatic carbocycles. The lowest BCUT2D eigenvalue weighted by Gasteiger charge is -2.15. The van der Waals surface area contributed by atoms with Crippen molar-refractivity contribution < 1.29 is 17.9 Å². The molecule has 0 bridgehead atoms. The Morgan fingerprint density at radius 2 is 1.67 bits per heavy atom. The molecule has 1 atom stereocenters. The SMILES string of the molecule is Cc1cccc(NC(=O)COc2ccc(S(=O)(=O)N[C@@H](C)c3ccccc3)cc2)c1. The highest BCUT2D eigenvalue weighted by Crippen LogP contribution is 2.19. The van der Waals surface area contributed by atoms with E-state index in [0.29, 0.717) is 11.4 Å². The van der Waals surface area contributed by atoms with Crippen LogP contribution in [-0.4, -0.2) is 20.9 Å². The summed E-state index contributed by atoms with van der Waals surface area (Å²) in [6, 6.07) is 22.4. The highest BCUT2D eigenvalue weighted by Gasteiger charge is 2.18. The molecule has 0 spiro atoms. The highest BCUT2D eigenvalue weighted by molar-refractivity contribution is 7.89. The van der Waals surface area contributed by atoms with Gasteiger partial charge in [0, 0.05) is 11.7 Å². The lowest BCUT2D eigenvalue weighted by molar-refractivity contribution is -0.118. The molecule has 3 aromatic rings. The van der Waals surface area contributed by atoms with Crippen molar-refractivity contribution in [2.75, 3.05) is 11.9 Å². The summed E-state index contributed by atoms with van der Waals surface area (Å²) in [5, 5.41) is 2.76. The van der Waals surface area contributed by atoms with Gasteiger partial charge in [-0.3, -0.25) is 4.79 Å². The average molecular weight is 425 g/mol. The molecule has 0 saturated carbocycles. The second-order valence-electron chi connectivity index (χ2n) is 6.93. The number of anilines is 1. The van der Waals surface area contributed by atoms with Crippen LogP contribution in [0.25, 0.3) is 0 Å². The molecule has 3 rings (SSSR count). The maximum atomic E-state index is 12.6. The molecule has 0 saturated heterocycles. The number of benzene rings is 3. The number of hydrogen-bond donors (Lipinski definition) is 2. The van der Waals surface area contributed by atoms with Crippen molar-refractivity contribution in [2.45, 2.75) is 24.8 Å². The molecule has 156 valence electrons. The second-order valence-corrected chi connectivity index (χ2v) is 8.65. The van der Waals surface area contributed by atoms with E-state index < -0.39 is 10.0 Å². The second kappa shape index (κ2) is 9.56. The van der Waals surface area contributed by atoms with Crippen LogP contribution < -0.4 is 14.8 Å². The van der Waals surface area contributed by atoms with Crippen molar-refractivity contribution in [2.24, 2.45) is 0 Å². The summed E-state index contributed by atoms with van der Waals surface area (Å²) >= 11 is 0. The smallest absolute Gasteiger partial charge is 0.262 e. The van der Waals surface area contributed by atoms with E-state index in [2.05, 4.69) is 10.0 Å². The van der Waals surface area contributed by atoms with Crippen LogP contribution in [0, 0.1) is 6.92 Å². The Kier molecular flexibility index (Phi) is 6.87. The number of aryl methyl sites for hydroxylation is 1. The van der Waals surface area contributed by atoms with Crippen LogP contribution in [0.4, 0.5) is 5.69 Å². The third-order valence-corrected chi connectivity index (χ3v) is 5.99. The first kappa shape index (κ1) is 21.5. The van der Waals surface area contributed by atoms with E-state index in [1.807, 2.05) is 55.5 Å². The molecule has 0 aromatic heterocycles. The summed E-state index contributed by atoms with van der Waals surface area (Å²) in [6.45, 7) is 3.55. The zero-order valence-corrected chi connectivity index (χ0v) is 17.6. The molecule has 0 unspecified atom stereocenters. The minimum atomic E-state index is -3.69. The number of amides is 1. The highest BCUT2D eigenvalue weighted by atomic mass is 32.2. The van der Waals surface area contributed by atoms with Crippen molar-refractivity contribution in [3.05, 3.63) is 90.0 Å². The monoisotopic (exact) mass is 424 g/mol. The number of ether oxygens (including phenoxy) is 1. The fraction of sp³-hybridized carbons (Fsp3) is 0.174. The number of sulfonamides is 1. The third-order valence-electron chi connectivity index (χ3n) is 4.44. The number of carbonyl (C=O) groups excluding carboxylic acids is 1. The Bertz CT molecular complexity index is 1100. The number of carbonyl (C=O) groups is 1.